The van der Waals surface area contributed by atoms with Crippen molar-refractivity contribution in [2.24, 2.45) is 0 Å². The third-order valence-corrected chi connectivity index (χ3v) is 4.26. The normalized spacial score (nSPS) is 15.7. The van der Waals surface area contributed by atoms with E-state index >= 15 is 0 Å². The van der Waals surface area contributed by atoms with E-state index in [1.165, 1.54) is 18.2 Å². The van der Waals surface area contributed by atoms with Gasteiger partial charge in [0.15, 0.2) is 11.4 Å². The molecule has 1 fully saturated rings. The second-order valence-electron chi connectivity index (χ2n) is 6.09. The maximum Gasteiger partial charge on any atom is 0.371 e. The number of rotatable bonds is 3. The predicted molar refractivity (Wildman–Crippen MR) is 80.7 cm³/mol. The SMILES string of the molecule is CC1(c2nc(-c3ccc(F)cc3)nc3cc(C(=O)O)oc23)CC1. The van der Waals surface area contributed by atoms with Gasteiger partial charge in [-0.25, -0.2) is 19.2 Å². The first-order valence-electron chi connectivity index (χ1n) is 7.28. The fourth-order valence-electron chi connectivity index (χ4n) is 2.60. The van der Waals surface area contributed by atoms with Gasteiger partial charge < -0.3 is 9.52 Å². The highest BCUT2D eigenvalue weighted by Crippen LogP contribution is 2.49. The number of nitrogens with zero attached hydrogens (tertiary/aromatic N) is 2. The Morgan fingerprint density at radius 2 is 1.96 bits per heavy atom. The maximum absolute atomic E-state index is 13.1. The molecule has 1 aromatic carbocycles. The highest BCUT2D eigenvalue weighted by Gasteiger charge is 2.43. The van der Waals surface area contributed by atoms with E-state index < -0.39 is 5.97 Å². The van der Waals surface area contributed by atoms with E-state index in [4.69, 9.17) is 9.52 Å². The van der Waals surface area contributed by atoms with Gasteiger partial charge in [-0.3, -0.25) is 0 Å². The molecule has 1 aliphatic carbocycles. The standard InChI is InChI=1S/C17H13FN2O3/c1-17(6-7-17)14-13-11(8-12(23-13)16(21)22)19-15(20-14)9-2-4-10(18)5-3-9/h2-5,8H,6-7H2,1H3,(H,21,22). The summed E-state index contributed by atoms with van der Waals surface area (Å²) in [6.07, 6.45) is 1.93. The van der Waals surface area contributed by atoms with Gasteiger partial charge in [0.1, 0.15) is 11.3 Å². The minimum atomic E-state index is -1.14. The van der Waals surface area contributed by atoms with Crippen molar-refractivity contribution in [1.82, 2.24) is 9.97 Å². The van der Waals surface area contributed by atoms with E-state index in [1.807, 2.05) is 0 Å². The van der Waals surface area contributed by atoms with Crippen LogP contribution in [0.1, 0.15) is 36.0 Å². The third-order valence-electron chi connectivity index (χ3n) is 4.26. The predicted octanol–water partition coefficient (Wildman–Crippen LogP) is 3.78. The summed E-state index contributed by atoms with van der Waals surface area (Å²) in [5.41, 5.74) is 2.16. The summed E-state index contributed by atoms with van der Waals surface area (Å²) in [6, 6.07) is 7.31. The van der Waals surface area contributed by atoms with Gasteiger partial charge in [-0.05, 0) is 37.1 Å². The summed E-state index contributed by atoms with van der Waals surface area (Å²) in [6.45, 7) is 2.06. The molecule has 1 aliphatic rings. The molecule has 3 aromatic rings. The number of halogens is 1. The Hall–Kier alpha value is -2.76. The van der Waals surface area contributed by atoms with Gasteiger partial charge in [-0.15, -0.1) is 0 Å². The van der Waals surface area contributed by atoms with E-state index in [-0.39, 0.29) is 17.0 Å². The Kier molecular flexibility index (Phi) is 2.78. The van der Waals surface area contributed by atoms with Crippen molar-refractivity contribution in [3.63, 3.8) is 0 Å². The van der Waals surface area contributed by atoms with Crippen molar-refractivity contribution in [2.45, 2.75) is 25.2 Å². The molecule has 0 atom stereocenters. The van der Waals surface area contributed by atoms with Crippen molar-refractivity contribution in [2.75, 3.05) is 0 Å². The second-order valence-corrected chi connectivity index (χ2v) is 6.09. The topological polar surface area (TPSA) is 76.2 Å². The van der Waals surface area contributed by atoms with E-state index in [1.54, 1.807) is 12.1 Å². The molecule has 0 radical (unpaired) electrons. The Balaban J connectivity index is 1.96. The van der Waals surface area contributed by atoms with Crippen LogP contribution in [-0.4, -0.2) is 21.0 Å². The first-order valence-corrected chi connectivity index (χ1v) is 7.28. The molecule has 0 unspecified atom stereocenters. The molecule has 0 spiro atoms. The monoisotopic (exact) mass is 312 g/mol. The number of carboxylic acid groups (broad SMARTS) is 1. The number of aromatic nitrogens is 2. The van der Waals surface area contributed by atoms with Crippen LogP contribution in [0.25, 0.3) is 22.5 Å². The van der Waals surface area contributed by atoms with Gasteiger partial charge in [0.05, 0.1) is 5.69 Å². The minimum absolute atomic E-state index is 0.121. The molecule has 0 aliphatic heterocycles. The molecule has 116 valence electrons. The number of carboxylic acids is 1. The summed E-state index contributed by atoms with van der Waals surface area (Å²) in [7, 11) is 0. The molecule has 23 heavy (non-hydrogen) atoms. The van der Waals surface area contributed by atoms with Crippen LogP contribution in [0.4, 0.5) is 4.39 Å². The second kappa shape index (κ2) is 4.62. The lowest BCUT2D eigenvalue weighted by molar-refractivity contribution is 0.0665. The molecule has 4 rings (SSSR count). The molecular formula is C17H13FN2O3. The first kappa shape index (κ1) is 13.9. The molecule has 5 nitrogen and oxygen atoms in total. The van der Waals surface area contributed by atoms with Crippen molar-refractivity contribution in [1.29, 1.82) is 0 Å². The lowest BCUT2D eigenvalue weighted by atomic mass is 10.0. The summed E-state index contributed by atoms with van der Waals surface area (Å²) < 4.78 is 18.6. The largest absolute Gasteiger partial charge is 0.475 e. The maximum atomic E-state index is 13.1. The molecule has 0 saturated heterocycles. The summed E-state index contributed by atoms with van der Waals surface area (Å²) in [5.74, 6) is -1.19. The van der Waals surface area contributed by atoms with E-state index in [9.17, 15) is 9.18 Å². The fraction of sp³-hybridized carbons (Fsp3) is 0.235. The fourth-order valence-corrected chi connectivity index (χ4v) is 2.60. The number of hydrogen-bond donors (Lipinski definition) is 1. The van der Waals surface area contributed by atoms with Crippen LogP contribution in [0.3, 0.4) is 0 Å². The average molecular weight is 312 g/mol. The Bertz CT molecular complexity index is 927. The van der Waals surface area contributed by atoms with Gasteiger partial charge in [-0.2, -0.15) is 0 Å². The first-order chi connectivity index (χ1) is 11.0. The van der Waals surface area contributed by atoms with Crippen molar-refractivity contribution < 1.29 is 18.7 Å². The van der Waals surface area contributed by atoms with Crippen LogP contribution in [0, 0.1) is 5.82 Å². The summed E-state index contributed by atoms with van der Waals surface area (Å²) >= 11 is 0. The molecule has 6 heteroatoms. The van der Waals surface area contributed by atoms with Gasteiger partial charge >= 0.3 is 5.97 Å². The van der Waals surface area contributed by atoms with E-state index in [0.717, 1.165) is 12.8 Å². The number of hydrogen-bond acceptors (Lipinski definition) is 4. The molecule has 0 bridgehead atoms. The zero-order chi connectivity index (χ0) is 16.2. The van der Waals surface area contributed by atoms with Crippen LogP contribution < -0.4 is 0 Å². The summed E-state index contributed by atoms with van der Waals surface area (Å²) in [4.78, 5) is 20.1. The molecule has 2 aromatic heterocycles. The van der Waals surface area contributed by atoms with Crippen molar-refractivity contribution >= 4 is 17.1 Å². The van der Waals surface area contributed by atoms with Crippen LogP contribution in [-0.2, 0) is 5.41 Å². The van der Waals surface area contributed by atoms with Crippen LogP contribution in [0.2, 0.25) is 0 Å². The van der Waals surface area contributed by atoms with Gasteiger partial charge in [0, 0.05) is 17.0 Å². The quantitative estimate of drug-likeness (QED) is 0.796. The Morgan fingerprint density at radius 3 is 2.57 bits per heavy atom. The van der Waals surface area contributed by atoms with Crippen LogP contribution in [0.15, 0.2) is 34.7 Å². The van der Waals surface area contributed by atoms with Crippen LogP contribution in [0.5, 0.6) is 0 Å². The van der Waals surface area contributed by atoms with E-state index in [2.05, 4.69) is 16.9 Å². The molecule has 0 amide bonds. The zero-order valence-corrected chi connectivity index (χ0v) is 12.3. The smallest absolute Gasteiger partial charge is 0.371 e. The Labute approximate surface area is 130 Å². The van der Waals surface area contributed by atoms with Gasteiger partial charge in [0.2, 0.25) is 5.76 Å². The molecular weight excluding hydrogens is 299 g/mol. The number of furan rings is 1. The van der Waals surface area contributed by atoms with Crippen LogP contribution >= 0.6 is 0 Å². The highest BCUT2D eigenvalue weighted by molar-refractivity contribution is 5.91. The van der Waals surface area contributed by atoms with Gasteiger partial charge in [-0.1, -0.05) is 6.92 Å². The van der Waals surface area contributed by atoms with Crippen molar-refractivity contribution in [3.8, 4) is 11.4 Å². The average Bonchev–Trinajstić information content (AvgIpc) is 3.12. The lowest BCUT2D eigenvalue weighted by Gasteiger charge is -2.10. The molecule has 1 N–H and O–H groups in total. The zero-order valence-electron chi connectivity index (χ0n) is 12.3. The number of carbonyl (C=O) groups is 1. The van der Waals surface area contributed by atoms with Crippen molar-refractivity contribution in [3.05, 3.63) is 47.6 Å². The third kappa shape index (κ3) is 2.27. The number of fused-ring (bicyclic) bond motifs is 1. The highest BCUT2D eigenvalue weighted by atomic mass is 19.1. The number of aromatic carboxylic acids is 1. The number of benzene rings is 1. The Morgan fingerprint density at radius 1 is 1.26 bits per heavy atom. The van der Waals surface area contributed by atoms with E-state index in [0.29, 0.717) is 28.2 Å². The molecule has 2 heterocycles. The lowest BCUT2D eigenvalue weighted by Crippen LogP contribution is -2.06. The summed E-state index contributed by atoms with van der Waals surface area (Å²) in [5, 5.41) is 9.13. The molecule has 1 saturated carbocycles. The van der Waals surface area contributed by atoms with Gasteiger partial charge in [0.25, 0.3) is 0 Å². The minimum Gasteiger partial charge on any atom is -0.475 e.